The van der Waals surface area contributed by atoms with Crippen molar-refractivity contribution in [2.45, 2.75) is 33.3 Å². The number of para-hydroxylation sites is 1. The number of carbonyl (C=O) groups is 1. The minimum atomic E-state index is -4.88. The number of nitrogens with zero attached hydrogens (tertiary/aromatic N) is 4. The summed E-state index contributed by atoms with van der Waals surface area (Å²) in [5.74, 6) is -1.10. The zero-order chi connectivity index (χ0) is 20.2. The average Bonchev–Trinajstić information content (AvgIpc) is 3.17. The summed E-state index contributed by atoms with van der Waals surface area (Å²) in [6.07, 6.45) is -4.88. The van der Waals surface area contributed by atoms with Gasteiger partial charge in [0.25, 0.3) is 5.91 Å². The summed E-state index contributed by atoms with van der Waals surface area (Å²) in [5.41, 5.74) is 3.20. The van der Waals surface area contributed by atoms with Crippen LogP contribution in [0.1, 0.15) is 33.0 Å². The second kappa shape index (κ2) is 6.37. The molecule has 2 aromatic heterocycles. The first kappa shape index (κ1) is 18.5. The number of hydrogen-bond donors (Lipinski definition) is 0. The highest BCUT2D eigenvalue weighted by Crippen LogP contribution is 2.32. The minimum absolute atomic E-state index is 0.161. The predicted octanol–water partition coefficient (Wildman–Crippen LogP) is 4.05. The molecule has 0 saturated heterocycles. The summed E-state index contributed by atoms with van der Waals surface area (Å²) in [5, 5.41) is 4.98. The standard InChI is InChI=1S/C18H14ClF3N4O2/c1-9-15(19)10(2)26-16(23-9)12-7-25(8-13(12)24-26)17(27)11-5-3-4-6-14(11)28-18(20,21)22/h3-6H,7-8H2,1-2H3. The van der Waals surface area contributed by atoms with Crippen molar-refractivity contribution >= 4 is 23.2 Å². The van der Waals surface area contributed by atoms with E-state index in [-0.39, 0.29) is 18.7 Å². The molecule has 1 amide bonds. The maximum Gasteiger partial charge on any atom is 0.573 e. The average molecular weight is 411 g/mol. The van der Waals surface area contributed by atoms with E-state index >= 15 is 0 Å². The van der Waals surface area contributed by atoms with Crippen molar-refractivity contribution in [3.05, 3.63) is 57.5 Å². The Kier molecular flexibility index (Phi) is 4.22. The highest BCUT2D eigenvalue weighted by atomic mass is 35.5. The molecule has 146 valence electrons. The molecule has 1 aromatic carbocycles. The van der Waals surface area contributed by atoms with E-state index in [0.29, 0.717) is 22.1 Å². The van der Waals surface area contributed by atoms with Crippen molar-refractivity contribution in [1.29, 1.82) is 0 Å². The molecule has 0 atom stereocenters. The van der Waals surface area contributed by atoms with E-state index < -0.39 is 18.0 Å². The molecule has 28 heavy (non-hydrogen) atoms. The van der Waals surface area contributed by atoms with Gasteiger partial charge in [0.15, 0.2) is 5.65 Å². The Bertz CT molecular complexity index is 1110. The number of fused-ring (bicyclic) bond motifs is 3. The molecular weight excluding hydrogens is 397 g/mol. The molecule has 0 spiro atoms. The molecular formula is C18H14ClF3N4O2. The van der Waals surface area contributed by atoms with E-state index in [4.69, 9.17) is 11.6 Å². The van der Waals surface area contributed by atoms with Gasteiger partial charge < -0.3 is 9.64 Å². The number of alkyl halides is 3. The largest absolute Gasteiger partial charge is 0.573 e. The van der Waals surface area contributed by atoms with Gasteiger partial charge in [-0.05, 0) is 26.0 Å². The van der Waals surface area contributed by atoms with Crippen LogP contribution < -0.4 is 4.74 Å². The molecule has 0 bridgehead atoms. The van der Waals surface area contributed by atoms with Crippen LogP contribution in [0.25, 0.3) is 5.65 Å². The van der Waals surface area contributed by atoms with Crippen LogP contribution in [-0.4, -0.2) is 31.8 Å². The van der Waals surface area contributed by atoms with Crippen LogP contribution in [-0.2, 0) is 13.1 Å². The first-order valence-corrected chi connectivity index (χ1v) is 8.70. The van der Waals surface area contributed by atoms with E-state index in [0.717, 1.165) is 17.3 Å². The van der Waals surface area contributed by atoms with Gasteiger partial charge in [-0.3, -0.25) is 4.79 Å². The number of ether oxygens (including phenoxy) is 1. The van der Waals surface area contributed by atoms with E-state index in [1.54, 1.807) is 11.4 Å². The number of carbonyl (C=O) groups excluding carboxylic acids is 1. The molecule has 0 saturated carbocycles. The maximum absolute atomic E-state index is 12.8. The fourth-order valence-corrected chi connectivity index (χ4v) is 3.41. The number of halogens is 4. The summed E-state index contributed by atoms with van der Waals surface area (Å²) in [6.45, 7) is 3.94. The molecule has 1 aliphatic rings. The van der Waals surface area contributed by atoms with E-state index in [1.807, 2.05) is 6.92 Å². The summed E-state index contributed by atoms with van der Waals surface area (Å²) < 4.78 is 43.5. The van der Waals surface area contributed by atoms with Gasteiger partial charge in [0.1, 0.15) is 5.75 Å². The lowest BCUT2D eigenvalue weighted by Crippen LogP contribution is -2.27. The third-order valence-corrected chi connectivity index (χ3v) is 5.13. The summed E-state index contributed by atoms with van der Waals surface area (Å²) >= 11 is 6.22. The molecule has 0 aliphatic carbocycles. The van der Waals surface area contributed by atoms with Gasteiger partial charge in [-0.25, -0.2) is 9.50 Å². The Balaban J connectivity index is 1.67. The molecule has 0 N–H and O–H groups in total. The quantitative estimate of drug-likeness (QED) is 0.639. The van der Waals surface area contributed by atoms with Crippen LogP contribution in [0.5, 0.6) is 5.75 Å². The molecule has 0 radical (unpaired) electrons. The Hall–Kier alpha value is -2.81. The topological polar surface area (TPSA) is 59.7 Å². The number of aromatic nitrogens is 3. The van der Waals surface area contributed by atoms with Crippen molar-refractivity contribution < 1.29 is 22.7 Å². The van der Waals surface area contributed by atoms with Gasteiger partial charge in [0.2, 0.25) is 0 Å². The van der Waals surface area contributed by atoms with Crippen LogP contribution in [0.2, 0.25) is 5.02 Å². The lowest BCUT2D eigenvalue weighted by Gasteiger charge is -2.19. The molecule has 0 fully saturated rings. The van der Waals surface area contributed by atoms with Crippen molar-refractivity contribution in [3.63, 3.8) is 0 Å². The minimum Gasteiger partial charge on any atom is -0.405 e. The molecule has 0 unspecified atom stereocenters. The summed E-state index contributed by atoms with van der Waals surface area (Å²) in [7, 11) is 0. The van der Waals surface area contributed by atoms with E-state index in [2.05, 4.69) is 14.8 Å². The zero-order valence-corrected chi connectivity index (χ0v) is 15.6. The first-order valence-electron chi connectivity index (χ1n) is 8.33. The van der Waals surface area contributed by atoms with Crippen LogP contribution in [0.15, 0.2) is 24.3 Å². The zero-order valence-electron chi connectivity index (χ0n) is 14.8. The van der Waals surface area contributed by atoms with Crippen LogP contribution >= 0.6 is 11.6 Å². The van der Waals surface area contributed by atoms with Gasteiger partial charge in [0, 0.05) is 5.56 Å². The normalized spacial score (nSPS) is 13.9. The van der Waals surface area contributed by atoms with Gasteiger partial charge in [-0.1, -0.05) is 23.7 Å². The Labute approximate surface area is 162 Å². The lowest BCUT2D eigenvalue weighted by molar-refractivity contribution is -0.274. The van der Waals surface area contributed by atoms with Crippen molar-refractivity contribution in [1.82, 2.24) is 19.5 Å². The number of amides is 1. The second-order valence-electron chi connectivity index (χ2n) is 6.46. The number of benzene rings is 1. The Morgan fingerprint density at radius 3 is 2.64 bits per heavy atom. The van der Waals surface area contributed by atoms with Crippen LogP contribution in [0, 0.1) is 13.8 Å². The number of hydrogen-bond acceptors (Lipinski definition) is 4. The third kappa shape index (κ3) is 3.05. The SMILES string of the molecule is Cc1nc2c3c(nn2c(C)c1Cl)CN(C(=O)c1ccccc1OC(F)(F)F)C3. The van der Waals surface area contributed by atoms with Crippen molar-refractivity contribution in [2.24, 2.45) is 0 Å². The van der Waals surface area contributed by atoms with Gasteiger partial charge >= 0.3 is 6.36 Å². The molecule has 4 rings (SSSR count). The second-order valence-corrected chi connectivity index (χ2v) is 6.84. The highest BCUT2D eigenvalue weighted by molar-refractivity contribution is 6.31. The van der Waals surface area contributed by atoms with Gasteiger partial charge in [0.05, 0.1) is 40.8 Å². The van der Waals surface area contributed by atoms with Crippen LogP contribution in [0.4, 0.5) is 13.2 Å². The third-order valence-electron chi connectivity index (χ3n) is 4.59. The fraction of sp³-hybridized carbons (Fsp3) is 0.278. The summed E-state index contributed by atoms with van der Waals surface area (Å²) in [6, 6.07) is 5.28. The van der Waals surface area contributed by atoms with E-state index in [9.17, 15) is 18.0 Å². The number of aryl methyl sites for hydroxylation is 2. The van der Waals surface area contributed by atoms with Crippen molar-refractivity contribution in [2.75, 3.05) is 0 Å². The smallest absolute Gasteiger partial charge is 0.405 e. The van der Waals surface area contributed by atoms with E-state index in [1.165, 1.54) is 23.1 Å². The molecule has 3 aromatic rings. The Morgan fingerprint density at radius 2 is 1.93 bits per heavy atom. The molecule has 3 heterocycles. The van der Waals surface area contributed by atoms with Gasteiger partial charge in [-0.15, -0.1) is 13.2 Å². The maximum atomic E-state index is 12.8. The molecule has 10 heteroatoms. The predicted molar refractivity (Wildman–Crippen MR) is 94.2 cm³/mol. The number of rotatable bonds is 2. The monoisotopic (exact) mass is 410 g/mol. The highest BCUT2D eigenvalue weighted by Gasteiger charge is 2.35. The Morgan fingerprint density at radius 1 is 1.21 bits per heavy atom. The molecule has 1 aliphatic heterocycles. The van der Waals surface area contributed by atoms with Crippen molar-refractivity contribution in [3.8, 4) is 5.75 Å². The van der Waals surface area contributed by atoms with Crippen LogP contribution in [0.3, 0.4) is 0 Å². The summed E-state index contributed by atoms with van der Waals surface area (Å²) in [4.78, 5) is 18.7. The fourth-order valence-electron chi connectivity index (χ4n) is 3.28. The van der Waals surface area contributed by atoms with Gasteiger partial charge in [-0.2, -0.15) is 5.10 Å². The lowest BCUT2D eigenvalue weighted by atomic mass is 10.1. The molecule has 6 nitrogen and oxygen atoms in total. The first-order chi connectivity index (χ1) is 13.2.